The number of carbonyl (C=O) groups excluding carboxylic acids is 1. The van der Waals surface area contributed by atoms with Crippen LogP contribution in [0.15, 0.2) is 53.7 Å². The van der Waals surface area contributed by atoms with E-state index in [0.717, 1.165) is 16.8 Å². The van der Waals surface area contributed by atoms with Gasteiger partial charge in [-0.1, -0.05) is 73.6 Å². The molecule has 0 unspecified atom stereocenters. The molecule has 0 bridgehead atoms. The topological polar surface area (TPSA) is 70.7 Å². The second kappa shape index (κ2) is 8.19. The highest BCUT2D eigenvalue weighted by atomic mass is 32.2. The Morgan fingerprint density at radius 3 is 2.62 bits per heavy atom. The van der Waals surface area contributed by atoms with Crippen molar-refractivity contribution in [1.82, 2.24) is 15.2 Å². The van der Waals surface area contributed by atoms with Crippen LogP contribution < -0.4 is 5.32 Å². The van der Waals surface area contributed by atoms with Crippen molar-refractivity contribution in [1.29, 1.82) is 0 Å². The number of thioether (sulfide) groups is 1. The first kappa shape index (κ1) is 18.2. The van der Waals surface area contributed by atoms with Gasteiger partial charge in [0.25, 0.3) is 0 Å². The number of benzene rings is 2. The van der Waals surface area contributed by atoms with Crippen LogP contribution in [0.25, 0.3) is 11.4 Å². The standard InChI is InChI=1S/C20H22N4OS/c1-13(2)16-6-4-5-7-17(16)21-18(25)12-26-20-22-19(23-24-20)15-10-8-14(3)9-11-15/h4-11,13H,12H2,1-3H3,(H,21,25)(H,22,23,24). The minimum atomic E-state index is -0.0650. The van der Waals surface area contributed by atoms with Gasteiger partial charge in [0.05, 0.1) is 5.75 Å². The van der Waals surface area contributed by atoms with E-state index in [1.807, 2.05) is 55.5 Å². The van der Waals surface area contributed by atoms with Crippen LogP contribution in [-0.2, 0) is 4.79 Å². The Labute approximate surface area is 157 Å². The minimum Gasteiger partial charge on any atom is -0.325 e. The molecule has 0 saturated heterocycles. The lowest BCUT2D eigenvalue weighted by molar-refractivity contribution is -0.113. The van der Waals surface area contributed by atoms with Crippen molar-refractivity contribution in [2.75, 3.05) is 11.1 Å². The Bertz CT molecular complexity index is 887. The van der Waals surface area contributed by atoms with E-state index in [2.05, 4.69) is 34.3 Å². The summed E-state index contributed by atoms with van der Waals surface area (Å²) in [4.78, 5) is 16.7. The number of nitrogens with zero attached hydrogens (tertiary/aromatic N) is 2. The van der Waals surface area contributed by atoms with Crippen LogP contribution >= 0.6 is 11.8 Å². The average molecular weight is 366 g/mol. The van der Waals surface area contributed by atoms with E-state index in [9.17, 15) is 4.79 Å². The van der Waals surface area contributed by atoms with Crippen LogP contribution in [0.2, 0.25) is 0 Å². The van der Waals surface area contributed by atoms with Gasteiger partial charge in [-0.25, -0.2) is 4.98 Å². The third-order valence-electron chi connectivity index (χ3n) is 3.98. The van der Waals surface area contributed by atoms with E-state index in [0.29, 0.717) is 16.9 Å². The molecule has 0 aliphatic heterocycles. The molecule has 3 aromatic rings. The van der Waals surface area contributed by atoms with Crippen LogP contribution in [0.5, 0.6) is 0 Å². The van der Waals surface area contributed by atoms with E-state index in [1.165, 1.54) is 17.3 Å². The fourth-order valence-electron chi connectivity index (χ4n) is 2.58. The average Bonchev–Trinajstić information content (AvgIpc) is 3.10. The number of hydrogen-bond acceptors (Lipinski definition) is 4. The molecule has 0 spiro atoms. The number of amides is 1. The fraction of sp³-hybridized carbons (Fsp3) is 0.250. The van der Waals surface area contributed by atoms with Gasteiger partial charge in [-0.05, 0) is 24.5 Å². The third kappa shape index (κ3) is 4.52. The molecule has 1 aromatic heterocycles. The summed E-state index contributed by atoms with van der Waals surface area (Å²) in [5, 5.41) is 10.7. The molecule has 0 atom stereocenters. The molecule has 5 nitrogen and oxygen atoms in total. The van der Waals surface area contributed by atoms with Gasteiger partial charge in [0.15, 0.2) is 5.82 Å². The molecule has 1 amide bonds. The van der Waals surface area contributed by atoms with Crippen LogP contribution in [0.3, 0.4) is 0 Å². The Hall–Kier alpha value is -2.60. The number of aromatic amines is 1. The maximum Gasteiger partial charge on any atom is 0.234 e. The van der Waals surface area contributed by atoms with E-state index in [1.54, 1.807) is 0 Å². The molecule has 2 aromatic carbocycles. The lowest BCUT2D eigenvalue weighted by atomic mass is 10.0. The normalized spacial score (nSPS) is 10.9. The Morgan fingerprint density at radius 2 is 1.88 bits per heavy atom. The predicted molar refractivity (Wildman–Crippen MR) is 106 cm³/mol. The molecule has 0 aliphatic carbocycles. The Morgan fingerprint density at radius 1 is 1.15 bits per heavy atom. The summed E-state index contributed by atoms with van der Waals surface area (Å²) in [5.74, 6) is 1.25. The van der Waals surface area contributed by atoms with Gasteiger partial charge in [-0.2, -0.15) is 0 Å². The monoisotopic (exact) mass is 366 g/mol. The van der Waals surface area contributed by atoms with Crippen molar-refractivity contribution >= 4 is 23.4 Å². The van der Waals surface area contributed by atoms with Crippen molar-refractivity contribution < 1.29 is 4.79 Å². The summed E-state index contributed by atoms with van der Waals surface area (Å²) >= 11 is 1.32. The first-order valence-corrected chi connectivity index (χ1v) is 9.52. The smallest absolute Gasteiger partial charge is 0.234 e. The number of H-pyrrole nitrogens is 1. The molecule has 2 N–H and O–H groups in total. The van der Waals surface area contributed by atoms with Gasteiger partial charge >= 0.3 is 0 Å². The summed E-state index contributed by atoms with van der Waals surface area (Å²) in [6, 6.07) is 15.9. The second-order valence-electron chi connectivity index (χ2n) is 6.41. The molecule has 0 fully saturated rings. The first-order valence-electron chi connectivity index (χ1n) is 8.54. The summed E-state index contributed by atoms with van der Waals surface area (Å²) in [6.45, 7) is 6.27. The van der Waals surface area contributed by atoms with Crippen molar-refractivity contribution in [3.8, 4) is 11.4 Å². The number of aryl methyl sites for hydroxylation is 1. The number of carbonyl (C=O) groups is 1. The fourth-order valence-corrected chi connectivity index (χ4v) is 3.18. The maximum atomic E-state index is 12.3. The van der Waals surface area contributed by atoms with Gasteiger partial charge in [0.1, 0.15) is 0 Å². The van der Waals surface area contributed by atoms with Gasteiger partial charge in [0.2, 0.25) is 11.1 Å². The molecule has 134 valence electrons. The zero-order valence-electron chi connectivity index (χ0n) is 15.1. The second-order valence-corrected chi connectivity index (χ2v) is 7.35. The molecule has 3 rings (SSSR count). The van der Waals surface area contributed by atoms with Crippen molar-refractivity contribution in [2.24, 2.45) is 0 Å². The third-order valence-corrected chi connectivity index (χ3v) is 4.83. The number of anilines is 1. The molecule has 26 heavy (non-hydrogen) atoms. The minimum absolute atomic E-state index is 0.0650. The summed E-state index contributed by atoms with van der Waals surface area (Å²) < 4.78 is 0. The molecule has 0 aliphatic rings. The highest BCUT2D eigenvalue weighted by Gasteiger charge is 2.12. The van der Waals surface area contributed by atoms with Gasteiger partial charge in [-0.3, -0.25) is 9.89 Å². The number of aromatic nitrogens is 3. The molecule has 0 radical (unpaired) electrons. The summed E-state index contributed by atoms with van der Waals surface area (Å²) in [5.41, 5.74) is 4.17. The number of nitrogens with one attached hydrogen (secondary N) is 2. The van der Waals surface area contributed by atoms with E-state index in [4.69, 9.17) is 0 Å². The van der Waals surface area contributed by atoms with E-state index in [-0.39, 0.29) is 11.7 Å². The predicted octanol–water partition coefficient (Wildman–Crippen LogP) is 4.63. The molecular weight excluding hydrogens is 344 g/mol. The number of hydrogen-bond donors (Lipinski definition) is 2. The van der Waals surface area contributed by atoms with Crippen LogP contribution in [0, 0.1) is 6.92 Å². The van der Waals surface area contributed by atoms with Gasteiger partial charge in [-0.15, -0.1) is 5.10 Å². The van der Waals surface area contributed by atoms with E-state index < -0.39 is 0 Å². The molecule has 0 saturated carbocycles. The molecule has 1 heterocycles. The maximum absolute atomic E-state index is 12.3. The molecule has 6 heteroatoms. The van der Waals surface area contributed by atoms with Crippen molar-refractivity contribution in [3.05, 3.63) is 59.7 Å². The zero-order chi connectivity index (χ0) is 18.5. The highest BCUT2D eigenvalue weighted by Crippen LogP contribution is 2.24. The highest BCUT2D eigenvalue weighted by molar-refractivity contribution is 7.99. The van der Waals surface area contributed by atoms with Gasteiger partial charge in [0, 0.05) is 11.3 Å². The van der Waals surface area contributed by atoms with Crippen LogP contribution in [-0.4, -0.2) is 26.8 Å². The summed E-state index contributed by atoms with van der Waals surface area (Å²) in [7, 11) is 0. The van der Waals surface area contributed by atoms with Crippen molar-refractivity contribution in [2.45, 2.75) is 31.8 Å². The van der Waals surface area contributed by atoms with E-state index >= 15 is 0 Å². The van der Waals surface area contributed by atoms with Crippen LogP contribution in [0.4, 0.5) is 5.69 Å². The largest absolute Gasteiger partial charge is 0.325 e. The SMILES string of the molecule is Cc1ccc(-c2nc(SCC(=O)Nc3ccccc3C(C)C)n[nH]2)cc1. The number of para-hydroxylation sites is 1. The Balaban J connectivity index is 1.59. The lowest BCUT2D eigenvalue weighted by Gasteiger charge is -2.13. The summed E-state index contributed by atoms with van der Waals surface area (Å²) in [6.07, 6.45) is 0. The Kier molecular flexibility index (Phi) is 5.73. The number of rotatable bonds is 6. The van der Waals surface area contributed by atoms with Gasteiger partial charge < -0.3 is 5.32 Å². The zero-order valence-corrected chi connectivity index (χ0v) is 15.9. The van der Waals surface area contributed by atoms with Crippen molar-refractivity contribution in [3.63, 3.8) is 0 Å². The molecular formula is C20H22N4OS. The first-order chi connectivity index (χ1) is 12.5. The lowest BCUT2D eigenvalue weighted by Crippen LogP contribution is -2.15. The quantitative estimate of drug-likeness (QED) is 0.624. The van der Waals surface area contributed by atoms with Crippen LogP contribution in [0.1, 0.15) is 30.9 Å².